The van der Waals surface area contributed by atoms with Gasteiger partial charge in [0.1, 0.15) is 11.6 Å². The van der Waals surface area contributed by atoms with Crippen LogP contribution in [0.2, 0.25) is 0 Å². The third-order valence-corrected chi connectivity index (χ3v) is 3.48. The van der Waals surface area contributed by atoms with E-state index in [9.17, 15) is 0 Å². The summed E-state index contributed by atoms with van der Waals surface area (Å²) in [5.41, 5.74) is 5.96. The topological polar surface area (TPSA) is 67.1 Å². The summed E-state index contributed by atoms with van der Waals surface area (Å²) in [7, 11) is 2.04. The molecule has 0 saturated heterocycles. The van der Waals surface area contributed by atoms with E-state index in [0.717, 1.165) is 24.6 Å². The number of rotatable bonds is 5. The van der Waals surface area contributed by atoms with Crippen LogP contribution in [0.3, 0.4) is 0 Å². The second kappa shape index (κ2) is 6.08. The molecular formula is C14H27N5. The lowest BCUT2D eigenvalue weighted by Gasteiger charge is -2.36. The number of nitrogens with two attached hydrogens (primary N) is 1. The van der Waals surface area contributed by atoms with Crippen molar-refractivity contribution in [2.45, 2.75) is 47.1 Å². The van der Waals surface area contributed by atoms with Gasteiger partial charge in [0.15, 0.2) is 0 Å². The zero-order valence-electron chi connectivity index (χ0n) is 13.0. The van der Waals surface area contributed by atoms with Gasteiger partial charge in [-0.25, -0.2) is 0 Å². The maximum Gasteiger partial charge on any atom is 0.223 e. The maximum absolute atomic E-state index is 5.79. The van der Waals surface area contributed by atoms with E-state index in [0.29, 0.717) is 12.0 Å². The van der Waals surface area contributed by atoms with Crippen molar-refractivity contribution >= 4 is 17.6 Å². The van der Waals surface area contributed by atoms with Gasteiger partial charge in [0.2, 0.25) is 5.95 Å². The Morgan fingerprint density at radius 1 is 1.37 bits per heavy atom. The Hall–Kier alpha value is -1.52. The van der Waals surface area contributed by atoms with E-state index in [1.54, 1.807) is 0 Å². The largest absolute Gasteiger partial charge is 0.370 e. The minimum atomic E-state index is 0.172. The van der Waals surface area contributed by atoms with E-state index in [4.69, 9.17) is 5.73 Å². The fraction of sp³-hybridized carbons (Fsp3) is 0.714. The number of nitrogens with zero attached hydrogens (tertiary/aromatic N) is 3. The van der Waals surface area contributed by atoms with Crippen molar-refractivity contribution in [1.29, 1.82) is 0 Å². The van der Waals surface area contributed by atoms with Crippen molar-refractivity contribution in [2.75, 3.05) is 29.5 Å². The van der Waals surface area contributed by atoms with Gasteiger partial charge in [0.05, 0.1) is 0 Å². The Labute approximate surface area is 116 Å². The summed E-state index contributed by atoms with van der Waals surface area (Å²) < 4.78 is 0. The summed E-state index contributed by atoms with van der Waals surface area (Å²) in [6, 6.07) is 2.30. The molecule has 0 radical (unpaired) electrons. The monoisotopic (exact) mass is 265 g/mol. The van der Waals surface area contributed by atoms with E-state index in [-0.39, 0.29) is 5.41 Å². The molecule has 1 unspecified atom stereocenters. The van der Waals surface area contributed by atoms with Gasteiger partial charge in [0, 0.05) is 25.7 Å². The van der Waals surface area contributed by atoms with Gasteiger partial charge < -0.3 is 16.0 Å². The first kappa shape index (κ1) is 15.5. The fourth-order valence-corrected chi connectivity index (χ4v) is 1.76. The molecule has 0 aliphatic heterocycles. The van der Waals surface area contributed by atoms with E-state index in [1.165, 1.54) is 0 Å². The molecule has 1 heterocycles. The average molecular weight is 265 g/mol. The van der Waals surface area contributed by atoms with E-state index >= 15 is 0 Å². The van der Waals surface area contributed by atoms with Gasteiger partial charge >= 0.3 is 0 Å². The number of nitrogens with one attached hydrogen (secondary N) is 1. The Morgan fingerprint density at radius 2 is 2.00 bits per heavy atom. The first-order chi connectivity index (χ1) is 8.75. The molecule has 0 spiro atoms. The number of anilines is 3. The highest BCUT2D eigenvalue weighted by Crippen LogP contribution is 2.27. The molecule has 0 amide bonds. The van der Waals surface area contributed by atoms with Crippen molar-refractivity contribution < 1.29 is 0 Å². The standard InChI is InChI=1S/C14H27N5/c1-7-8-16-11-9-12(18-13(15)17-11)19(6)10(2)14(3,4)5/h9-10H,7-8H2,1-6H3,(H3,15,16,17,18). The molecule has 0 bridgehead atoms. The predicted octanol–water partition coefficient (Wildman–Crippen LogP) is 2.75. The number of aromatic nitrogens is 2. The number of hydrogen-bond acceptors (Lipinski definition) is 5. The Bertz CT molecular complexity index is 411. The third-order valence-electron chi connectivity index (χ3n) is 3.48. The summed E-state index contributed by atoms with van der Waals surface area (Å²) in [6.45, 7) is 11.8. The Morgan fingerprint density at radius 3 is 2.53 bits per heavy atom. The second-order valence-corrected chi connectivity index (χ2v) is 6.05. The van der Waals surface area contributed by atoms with Gasteiger partial charge in [-0.15, -0.1) is 0 Å². The molecule has 1 aromatic rings. The van der Waals surface area contributed by atoms with Crippen molar-refractivity contribution in [1.82, 2.24) is 9.97 Å². The lowest BCUT2D eigenvalue weighted by molar-refractivity contribution is 0.328. The lowest BCUT2D eigenvalue weighted by atomic mass is 9.87. The molecule has 1 aromatic heterocycles. The van der Waals surface area contributed by atoms with Crippen LogP contribution in [0.5, 0.6) is 0 Å². The third kappa shape index (κ3) is 4.26. The smallest absolute Gasteiger partial charge is 0.223 e. The Balaban J connectivity index is 2.96. The molecule has 0 fully saturated rings. The van der Waals surface area contributed by atoms with Crippen LogP contribution < -0.4 is 16.0 Å². The van der Waals surface area contributed by atoms with Crippen LogP contribution in [-0.2, 0) is 0 Å². The van der Waals surface area contributed by atoms with Gasteiger partial charge in [-0.05, 0) is 18.8 Å². The number of hydrogen-bond donors (Lipinski definition) is 2. The fourth-order valence-electron chi connectivity index (χ4n) is 1.76. The van der Waals surface area contributed by atoms with Crippen LogP contribution in [0.4, 0.5) is 17.6 Å². The maximum atomic E-state index is 5.79. The molecule has 19 heavy (non-hydrogen) atoms. The summed E-state index contributed by atoms with van der Waals surface area (Å²) in [5.74, 6) is 1.95. The van der Waals surface area contributed by atoms with E-state index < -0.39 is 0 Å². The summed E-state index contributed by atoms with van der Waals surface area (Å²) >= 11 is 0. The zero-order chi connectivity index (χ0) is 14.6. The van der Waals surface area contributed by atoms with Crippen molar-refractivity contribution in [3.63, 3.8) is 0 Å². The molecule has 1 rings (SSSR count). The zero-order valence-corrected chi connectivity index (χ0v) is 13.0. The van der Waals surface area contributed by atoms with Gasteiger partial charge in [-0.3, -0.25) is 0 Å². The van der Waals surface area contributed by atoms with Gasteiger partial charge in [-0.2, -0.15) is 9.97 Å². The molecule has 1 atom stereocenters. The van der Waals surface area contributed by atoms with Gasteiger partial charge in [0.25, 0.3) is 0 Å². The first-order valence-electron chi connectivity index (χ1n) is 6.87. The van der Waals surface area contributed by atoms with Crippen LogP contribution in [0, 0.1) is 5.41 Å². The van der Waals surface area contributed by atoms with Crippen LogP contribution in [0.25, 0.3) is 0 Å². The van der Waals surface area contributed by atoms with Crippen LogP contribution in [0.1, 0.15) is 41.0 Å². The minimum absolute atomic E-state index is 0.172. The summed E-state index contributed by atoms with van der Waals surface area (Å²) in [4.78, 5) is 10.7. The van der Waals surface area contributed by atoms with E-state index in [2.05, 4.69) is 54.8 Å². The highest BCUT2D eigenvalue weighted by Gasteiger charge is 2.25. The number of nitrogen functional groups attached to an aromatic ring is 1. The highest BCUT2D eigenvalue weighted by molar-refractivity contribution is 5.52. The predicted molar refractivity (Wildman–Crippen MR) is 82.5 cm³/mol. The van der Waals surface area contributed by atoms with Crippen LogP contribution in [-0.4, -0.2) is 29.6 Å². The molecular weight excluding hydrogens is 238 g/mol. The molecule has 5 nitrogen and oxygen atoms in total. The second-order valence-electron chi connectivity index (χ2n) is 6.05. The lowest BCUT2D eigenvalue weighted by Crippen LogP contribution is -2.40. The quantitative estimate of drug-likeness (QED) is 0.857. The molecule has 0 aromatic carbocycles. The molecule has 0 aliphatic rings. The highest BCUT2D eigenvalue weighted by atomic mass is 15.2. The normalized spacial score (nSPS) is 13.2. The Kier molecular flexibility index (Phi) is 4.97. The molecule has 108 valence electrons. The first-order valence-corrected chi connectivity index (χ1v) is 6.87. The van der Waals surface area contributed by atoms with Crippen LogP contribution >= 0.6 is 0 Å². The van der Waals surface area contributed by atoms with Crippen molar-refractivity contribution in [2.24, 2.45) is 5.41 Å². The van der Waals surface area contributed by atoms with Gasteiger partial charge in [-0.1, -0.05) is 27.7 Å². The van der Waals surface area contributed by atoms with Crippen LogP contribution in [0.15, 0.2) is 6.07 Å². The van der Waals surface area contributed by atoms with Crippen molar-refractivity contribution in [3.05, 3.63) is 6.07 Å². The minimum Gasteiger partial charge on any atom is -0.370 e. The summed E-state index contributed by atoms with van der Waals surface area (Å²) in [6.07, 6.45) is 1.05. The molecule has 5 heteroatoms. The SMILES string of the molecule is CCCNc1cc(N(C)C(C)C(C)(C)C)nc(N)n1. The molecule has 3 N–H and O–H groups in total. The molecule has 0 aliphatic carbocycles. The van der Waals surface area contributed by atoms with Crippen molar-refractivity contribution in [3.8, 4) is 0 Å². The molecule has 0 saturated carbocycles. The summed E-state index contributed by atoms with van der Waals surface area (Å²) in [5, 5.41) is 3.25. The van der Waals surface area contributed by atoms with E-state index in [1.807, 2.05) is 13.1 Å². The average Bonchev–Trinajstić information content (AvgIpc) is 2.32.